The average Bonchev–Trinajstić information content (AvgIpc) is 3.14. The monoisotopic (exact) mass is 449 g/mol. The minimum absolute atomic E-state index is 0.158. The predicted molar refractivity (Wildman–Crippen MR) is 120 cm³/mol. The van der Waals surface area contributed by atoms with E-state index in [2.05, 4.69) is 10.6 Å². The van der Waals surface area contributed by atoms with Crippen LogP contribution in [-0.2, 0) is 28.2 Å². The number of carbonyl (C=O) groups excluding carboxylic acids is 3. The first-order chi connectivity index (χ1) is 15.9. The highest BCUT2D eigenvalue weighted by Crippen LogP contribution is 2.38. The SMILES string of the molecule is O=C1CCC(N2Cc3cc(CNC4(c5ccc(F)cc5)CCCCC4)ccc3C2=O)C(=O)N1. The number of fused-ring (bicyclic) bond motifs is 1. The lowest BCUT2D eigenvalue weighted by molar-refractivity contribution is -0.136. The summed E-state index contributed by atoms with van der Waals surface area (Å²) >= 11 is 0. The number of nitrogens with one attached hydrogen (secondary N) is 2. The van der Waals surface area contributed by atoms with Crippen molar-refractivity contribution in [2.45, 2.75) is 69.6 Å². The summed E-state index contributed by atoms with van der Waals surface area (Å²) in [6.07, 6.45) is 6.09. The number of imide groups is 1. The Balaban J connectivity index is 1.32. The second-order valence-electron chi connectivity index (χ2n) is 9.39. The van der Waals surface area contributed by atoms with Crippen molar-refractivity contribution >= 4 is 17.7 Å². The largest absolute Gasteiger partial charge is 0.322 e. The van der Waals surface area contributed by atoms with E-state index in [0.29, 0.717) is 25.1 Å². The van der Waals surface area contributed by atoms with E-state index in [-0.39, 0.29) is 29.6 Å². The van der Waals surface area contributed by atoms with Crippen molar-refractivity contribution in [3.63, 3.8) is 0 Å². The van der Waals surface area contributed by atoms with Gasteiger partial charge >= 0.3 is 0 Å². The van der Waals surface area contributed by atoms with E-state index in [1.807, 2.05) is 30.3 Å². The zero-order chi connectivity index (χ0) is 23.0. The van der Waals surface area contributed by atoms with Gasteiger partial charge in [-0.2, -0.15) is 0 Å². The van der Waals surface area contributed by atoms with Gasteiger partial charge in [0, 0.05) is 30.6 Å². The molecule has 2 fully saturated rings. The van der Waals surface area contributed by atoms with E-state index in [9.17, 15) is 18.8 Å². The molecule has 7 heteroatoms. The number of rotatable bonds is 5. The van der Waals surface area contributed by atoms with Gasteiger partial charge in [0.2, 0.25) is 11.8 Å². The quantitative estimate of drug-likeness (QED) is 0.685. The third-order valence-electron chi connectivity index (χ3n) is 7.32. The van der Waals surface area contributed by atoms with E-state index < -0.39 is 11.9 Å². The first-order valence-corrected chi connectivity index (χ1v) is 11.7. The van der Waals surface area contributed by atoms with Gasteiger partial charge in [-0.1, -0.05) is 43.5 Å². The fourth-order valence-electron chi connectivity index (χ4n) is 5.50. The van der Waals surface area contributed by atoms with Gasteiger partial charge in [-0.3, -0.25) is 19.7 Å². The van der Waals surface area contributed by atoms with Crippen LogP contribution in [0.5, 0.6) is 0 Å². The van der Waals surface area contributed by atoms with Crippen molar-refractivity contribution in [1.29, 1.82) is 0 Å². The first-order valence-electron chi connectivity index (χ1n) is 11.7. The molecule has 6 nitrogen and oxygen atoms in total. The minimum Gasteiger partial charge on any atom is -0.322 e. The molecule has 0 aromatic heterocycles. The van der Waals surface area contributed by atoms with Crippen LogP contribution in [-0.4, -0.2) is 28.7 Å². The van der Waals surface area contributed by atoms with Crippen LogP contribution in [0.4, 0.5) is 4.39 Å². The molecule has 172 valence electrons. The van der Waals surface area contributed by atoms with Crippen LogP contribution >= 0.6 is 0 Å². The molecule has 2 aliphatic heterocycles. The van der Waals surface area contributed by atoms with Gasteiger partial charge < -0.3 is 10.2 Å². The molecule has 1 saturated carbocycles. The summed E-state index contributed by atoms with van der Waals surface area (Å²) in [4.78, 5) is 38.2. The number of hydrogen-bond donors (Lipinski definition) is 2. The predicted octanol–water partition coefficient (Wildman–Crippen LogP) is 3.54. The summed E-state index contributed by atoms with van der Waals surface area (Å²) in [5.41, 5.74) is 3.53. The molecule has 1 atom stereocenters. The summed E-state index contributed by atoms with van der Waals surface area (Å²) < 4.78 is 13.5. The number of nitrogens with zero attached hydrogens (tertiary/aromatic N) is 1. The van der Waals surface area contributed by atoms with Crippen LogP contribution in [0.3, 0.4) is 0 Å². The van der Waals surface area contributed by atoms with Gasteiger partial charge in [-0.15, -0.1) is 0 Å². The Labute approximate surface area is 192 Å². The van der Waals surface area contributed by atoms with Crippen molar-refractivity contribution < 1.29 is 18.8 Å². The Hall–Kier alpha value is -3.06. The van der Waals surface area contributed by atoms with Gasteiger partial charge in [-0.25, -0.2) is 4.39 Å². The molecule has 2 aromatic carbocycles. The molecule has 3 aliphatic rings. The lowest BCUT2D eigenvalue weighted by atomic mass is 9.76. The molecule has 1 unspecified atom stereocenters. The lowest BCUT2D eigenvalue weighted by Crippen LogP contribution is -2.52. The molecule has 0 radical (unpaired) electrons. The fraction of sp³-hybridized carbons (Fsp3) is 0.423. The van der Waals surface area contributed by atoms with Gasteiger partial charge in [0.05, 0.1) is 0 Å². The number of carbonyl (C=O) groups is 3. The van der Waals surface area contributed by atoms with Crippen LogP contribution in [0.25, 0.3) is 0 Å². The maximum Gasteiger partial charge on any atom is 0.255 e. The third kappa shape index (κ3) is 4.17. The van der Waals surface area contributed by atoms with Crippen LogP contribution in [0.15, 0.2) is 42.5 Å². The molecular weight excluding hydrogens is 421 g/mol. The third-order valence-corrected chi connectivity index (χ3v) is 7.32. The standard InChI is InChI=1S/C26H28FN3O3/c27-20-7-5-19(6-8-20)26(12-2-1-3-13-26)28-15-17-4-9-21-18(14-17)16-30(25(21)33)22-10-11-23(31)29-24(22)32/h4-9,14,22,28H,1-3,10-13,15-16H2,(H,29,31,32). The average molecular weight is 450 g/mol. The Bertz CT molecular complexity index is 1090. The number of halogens is 1. The molecule has 2 heterocycles. The number of piperidine rings is 1. The van der Waals surface area contributed by atoms with Crippen LogP contribution in [0, 0.1) is 5.82 Å². The van der Waals surface area contributed by atoms with E-state index >= 15 is 0 Å². The molecule has 0 bridgehead atoms. The maximum atomic E-state index is 13.5. The van der Waals surface area contributed by atoms with Gasteiger partial charge in [-0.05, 0) is 54.2 Å². The topological polar surface area (TPSA) is 78.5 Å². The zero-order valence-corrected chi connectivity index (χ0v) is 18.5. The Morgan fingerprint density at radius 3 is 2.52 bits per heavy atom. The highest BCUT2D eigenvalue weighted by molar-refractivity contribution is 6.05. The molecule has 0 spiro atoms. The van der Waals surface area contributed by atoms with Gasteiger partial charge in [0.15, 0.2) is 0 Å². The van der Waals surface area contributed by atoms with Crippen molar-refractivity contribution in [3.8, 4) is 0 Å². The van der Waals surface area contributed by atoms with E-state index in [1.165, 1.54) is 18.6 Å². The number of amides is 3. The van der Waals surface area contributed by atoms with Crippen molar-refractivity contribution in [3.05, 3.63) is 70.5 Å². The molecular formula is C26H28FN3O3. The second kappa shape index (κ2) is 8.71. The molecule has 5 rings (SSSR count). The zero-order valence-electron chi connectivity index (χ0n) is 18.5. The smallest absolute Gasteiger partial charge is 0.255 e. The van der Waals surface area contributed by atoms with Crippen LogP contribution in [0.1, 0.15) is 72.0 Å². The highest BCUT2D eigenvalue weighted by Gasteiger charge is 2.39. The van der Waals surface area contributed by atoms with Crippen LogP contribution < -0.4 is 10.6 Å². The number of hydrogen-bond acceptors (Lipinski definition) is 4. The van der Waals surface area contributed by atoms with Crippen molar-refractivity contribution in [2.75, 3.05) is 0 Å². The van der Waals surface area contributed by atoms with E-state index in [0.717, 1.165) is 42.4 Å². The minimum atomic E-state index is -0.604. The van der Waals surface area contributed by atoms with Gasteiger partial charge in [0.1, 0.15) is 11.9 Å². The Morgan fingerprint density at radius 2 is 1.79 bits per heavy atom. The van der Waals surface area contributed by atoms with Crippen molar-refractivity contribution in [1.82, 2.24) is 15.5 Å². The lowest BCUT2D eigenvalue weighted by Gasteiger charge is -2.39. The molecule has 1 aliphatic carbocycles. The summed E-state index contributed by atoms with van der Waals surface area (Å²) in [6, 6.07) is 12.0. The van der Waals surface area contributed by atoms with Crippen LogP contribution in [0.2, 0.25) is 0 Å². The number of benzene rings is 2. The molecule has 1 saturated heterocycles. The Morgan fingerprint density at radius 1 is 1.03 bits per heavy atom. The maximum absolute atomic E-state index is 13.5. The molecule has 2 aromatic rings. The van der Waals surface area contributed by atoms with E-state index in [4.69, 9.17) is 0 Å². The Kier molecular flexibility index (Phi) is 5.74. The van der Waals surface area contributed by atoms with Gasteiger partial charge in [0.25, 0.3) is 5.91 Å². The fourth-order valence-corrected chi connectivity index (χ4v) is 5.50. The second-order valence-corrected chi connectivity index (χ2v) is 9.39. The molecule has 3 amide bonds. The highest BCUT2D eigenvalue weighted by atomic mass is 19.1. The van der Waals surface area contributed by atoms with E-state index in [1.54, 1.807) is 4.90 Å². The summed E-state index contributed by atoms with van der Waals surface area (Å²) in [5, 5.41) is 6.09. The summed E-state index contributed by atoms with van der Waals surface area (Å²) in [5.74, 6) is -1.07. The molecule has 33 heavy (non-hydrogen) atoms. The first kappa shape index (κ1) is 21.8. The summed E-state index contributed by atoms with van der Waals surface area (Å²) in [7, 11) is 0. The molecule has 2 N–H and O–H groups in total. The van der Waals surface area contributed by atoms with Crippen molar-refractivity contribution in [2.24, 2.45) is 0 Å². The summed E-state index contributed by atoms with van der Waals surface area (Å²) in [6.45, 7) is 1.01. The normalized spacial score (nSPS) is 22.3.